The third-order valence-corrected chi connectivity index (χ3v) is 3.96. The standard InChI is InChI=1S/C17H29N3O4/c1-5-6-13(11-18)19-15(22)14(21)12-7-9-20(10-8-12)16(23)24-17(2,3)4/h12-14,21H,5-10H2,1-4H3,(H,19,22). The number of carbonyl (C=O) groups excluding carboxylic acids is 2. The molecular weight excluding hydrogens is 310 g/mol. The molecule has 0 spiro atoms. The zero-order valence-corrected chi connectivity index (χ0v) is 15.0. The summed E-state index contributed by atoms with van der Waals surface area (Å²) >= 11 is 0. The minimum atomic E-state index is -1.15. The van der Waals surface area contributed by atoms with E-state index in [2.05, 4.69) is 5.32 Å². The van der Waals surface area contributed by atoms with Crippen LogP contribution in [0.4, 0.5) is 4.79 Å². The lowest BCUT2D eigenvalue weighted by Crippen LogP contribution is -2.48. The molecule has 1 aliphatic heterocycles. The fourth-order valence-electron chi connectivity index (χ4n) is 2.65. The summed E-state index contributed by atoms with van der Waals surface area (Å²) in [5, 5.41) is 21.8. The van der Waals surface area contributed by atoms with Crippen LogP contribution >= 0.6 is 0 Å². The van der Waals surface area contributed by atoms with Gasteiger partial charge in [0.2, 0.25) is 5.91 Å². The Balaban J connectivity index is 2.48. The Morgan fingerprint density at radius 1 is 1.38 bits per heavy atom. The topological polar surface area (TPSA) is 103 Å². The highest BCUT2D eigenvalue weighted by Gasteiger charge is 2.33. The van der Waals surface area contributed by atoms with Crippen molar-refractivity contribution >= 4 is 12.0 Å². The molecule has 1 fully saturated rings. The molecule has 1 rings (SSSR count). The van der Waals surface area contributed by atoms with E-state index in [0.717, 1.165) is 6.42 Å². The first-order valence-corrected chi connectivity index (χ1v) is 8.54. The summed E-state index contributed by atoms with van der Waals surface area (Å²) in [4.78, 5) is 25.7. The lowest BCUT2D eigenvalue weighted by molar-refractivity contribution is -0.133. The second-order valence-electron chi connectivity index (χ2n) is 7.23. The highest BCUT2D eigenvalue weighted by atomic mass is 16.6. The van der Waals surface area contributed by atoms with Gasteiger partial charge >= 0.3 is 6.09 Å². The predicted molar refractivity (Wildman–Crippen MR) is 89.0 cm³/mol. The first-order chi connectivity index (χ1) is 11.2. The van der Waals surface area contributed by atoms with Crippen LogP contribution in [0.1, 0.15) is 53.4 Å². The van der Waals surface area contributed by atoms with E-state index < -0.39 is 23.7 Å². The van der Waals surface area contributed by atoms with Crippen molar-refractivity contribution in [1.29, 1.82) is 5.26 Å². The smallest absolute Gasteiger partial charge is 0.410 e. The van der Waals surface area contributed by atoms with Gasteiger partial charge in [-0.15, -0.1) is 0 Å². The van der Waals surface area contributed by atoms with Crippen molar-refractivity contribution in [3.8, 4) is 6.07 Å². The Bertz CT molecular complexity index is 473. The average Bonchev–Trinajstić information content (AvgIpc) is 2.52. The number of ether oxygens (including phenoxy) is 1. The van der Waals surface area contributed by atoms with Crippen LogP contribution in [0.2, 0.25) is 0 Å². The number of nitrogens with zero attached hydrogens (tertiary/aromatic N) is 2. The number of likely N-dealkylation sites (tertiary alicyclic amines) is 1. The van der Waals surface area contributed by atoms with Gasteiger partial charge < -0.3 is 20.1 Å². The second kappa shape index (κ2) is 8.88. The minimum Gasteiger partial charge on any atom is -0.444 e. The number of carbonyl (C=O) groups is 2. The lowest BCUT2D eigenvalue weighted by Gasteiger charge is -2.34. The summed E-state index contributed by atoms with van der Waals surface area (Å²) in [5.74, 6) is -0.727. The van der Waals surface area contributed by atoms with Gasteiger partial charge in [-0.05, 0) is 46.0 Å². The van der Waals surface area contributed by atoms with Crippen LogP contribution in [0.15, 0.2) is 0 Å². The Morgan fingerprint density at radius 3 is 2.42 bits per heavy atom. The molecule has 2 unspecified atom stereocenters. The van der Waals surface area contributed by atoms with E-state index in [0.29, 0.717) is 32.4 Å². The van der Waals surface area contributed by atoms with Gasteiger partial charge in [-0.2, -0.15) is 5.26 Å². The van der Waals surface area contributed by atoms with Crippen molar-refractivity contribution in [2.24, 2.45) is 5.92 Å². The zero-order valence-electron chi connectivity index (χ0n) is 15.0. The molecule has 0 bridgehead atoms. The van der Waals surface area contributed by atoms with Crippen molar-refractivity contribution in [2.75, 3.05) is 13.1 Å². The Kier molecular flexibility index (Phi) is 7.49. The van der Waals surface area contributed by atoms with Crippen LogP contribution < -0.4 is 5.32 Å². The van der Waals surface area contributed by atoms with E-state index in [9.17, 15) is 14.7 Å². The molecule has 7 heteroatoms. The normalized spacial score (nSPS) is 18.4. The maximum Gasteiger partial charge on any atom is 0.410 e. The average molecular weight is 339 g/mol. The zero-order chi connectivity index (χ0) is 18.3. The van der Waals surface area contributed by atoms with Crippen molar-refractivity contribution in [3.05, 3.63) is 0 Å². The van der Waals surface area contributed by atoms with E-state index in [1.807, 2.05) is 33.8 Å². The number of nitriles is 1. The number of piperidine rings is 1. The van der Waals surface area contributed by atoms with Gasteiger partial charge in [0.05, 0.1) is 6.07 Å². The van der Waals surface area contributed by atoms with Crippen LogP contribution in [0.5, 0.6) is 0 Å². The number of rotatable bonds is 5. The van der Waals surface area contributed by atoms with E-state index in [4.69, 9.17) is 10.00 Å². The predicted octanol–water partition coefficient (Wildman–Crippen LogP) is 1.80. The third-order valence-electron chi connectivity index (χ3n) is 3.96. The van der Waals surface area contributed by atoms with Gasteiger partial charge in [0.15, 0.2) is 0 Å². The number of hydrogen-bond donors (Lipinski definition) is 2. The molecule has 24 heavy (non-hydrogen) atoms. The van der Waals surface area contributed by atoms with E-state index in [-0.39, 0.29) is 12.0 Å². The molecule has 2 N–H and O–H groups in total. The van der Waals surface area contributed by atoms with Crippen LogP contribution in [-0.2, 0) is 9.53 Å². The SMILES string of the molecule is CCCC(C#N)NC(=O)C(O)C1CCN(C(=O)OC(C)(C)C)CC1. The maximum atomic E-state index is 12.1. The van der Waals surface area contributed by atoms with E-state index in [1.54, 1.807) is 4.90 Å². The second-order valence-corrected chi connectivity index (χ2v) is 7.23. The summed E-state index contributed by atoms with van der Waals surface area (Å²) in [7, 11) is 0. The Hall–Kier alpha value is -1.81. The number of aliphatic hydroxyl groups is 1. The Labute approximate surface area is 144 Å². The van der Waals surface area contributed by atoms with Gasteiger partial charge in [0.25, 0.3) is 0 Å². The summed E-state index contributed by atoms with van der Waals surface area (Å²) in [6, 6.07) is 1.45. The monoisotopic (exact) mass is 339 g/mol. The van der Waals surface area contributed by atoms with Crippen LogP contribution in [0.3, 0.4) is 0 Å². The highest BCUT2D eigenvalue weighted by molar-refractivity contribution is 5.81. The number of aliphatic hydroxyl groups excluding tert-OH is 1. The molecule has 0 radical (unpaired) electrons. The molecule has 7 nitrogen and oxygen atoms in total. The fraction of sp³-hybridized carbons (Fsp3) is 0.824. The van der Waals surface area contributed by atoms with E-state index in [1.165, 1.54) is 0 Å². The van der Waals surface area contributed by atoms with Crippen molar-refractivity contribution in [3.63, 3.8) is 0 Å². The molecule has 0 aromatic carbocycles. The van der Waals surface area contributed by atoms with Gasteiger partial charge in [-0.1, -0.05) is 13.3 Å². The Morgan fingerprint density at radius 2 is 1.96 bits per heavy atom. The van der Waals surface area contributed by atoms with Gasteiger partial charge in [-0.25, -0.2) is 4.79 Å². The van der Waals surface area contributed by atoms with Crippen molar-refractivity contribution < 1.29 is 19.4 Å². The maximum absolute atomic E-state index is 12.1. The third kappa shape index (κ3) is 6.36. The van der Waals surface area contributed by atoms with Crippen LogP contribution in [-0.4, -0.2) is 52.8 Å². The summed E-state index contributed by atoms with van der Waals surface area (Å²) in [6.07, 6.45) is 0.873. The highest BCUT2D eigenvalue weighted by Crippen LogP contribution is 2.22. The molecule has 1 heterocycles. The molecule has 0 aromatic rings. The molecule has 0 saturated carbocycles. The molecule has 0 aliphatic carbocycles. The van der Waals surface area contributed by atoms with Gasteiger partial charge in [-0.3, -0.25) is 4.79 Å². The van der Waals surface area contributed by atoms with Crippen LogP contribution in [0.25, 0.3) is 0 Å². The summed E-state index contributed by atoms with van der Waals surface area (Å²) in [6.45, 7) is 8.26. The molecule has 1 saturated heterocycles. The largest absolute Gasteiger partial charge is 0.444 e. The van der Waals surface area contributed by atoms with Gasteiger partial charge in [0.1, 0.15) is 17.7 Å². The minimum absolute atomic E-state index is 0.218. The molecular formula is C17H29N3O4. The molecule has 2 amide bonds. The van der Waals surface area contributed by atoms with Crippen molar-refractivity contribution in [2.45, 2.75) is 71.1 Å². The number of amides is 2. The lowest BCUT2D eigenvalue weighted by atomic mass is 9.90. The summed E-state index contributed by atoms with van der Waals surface area (Å²) in [5.41, 5.74) is -0.543. The summed E-state index contributed by atoms with van der Waals surface area (Å²) < 4.78 is 5.32. The quantitative estimate of drug-likeness (QED) is 0.795. The van der Waals surface area contributed by atoms with Gasteiger partial charge in [0, 0.05) is 13.1 Å². The fourth-order valence-corrected chi connectivity index (χ4v) is 2.65. The first kappa shape index (κ1) is 20.2. The molecule has 1 aliphatic rings. The van der Waals surface area contributed by atoms with E-state index >= 15 is 0 Å². The van der Waals surface area contributed by atoms with Crippen molar-refractivity contribution in [1.82, 2.24) is 10.2 Å². The molecule has 0 aromatic heterocycles. The molecule has 2 atom stereocenters. The number of nitrogens with one attached hydrogen (secondary N) is 1. The first-order valence-electron chi connectivity index (χ1n) is 8.54. The molecule has 136 valence electrons. The number of hydrogen-bond acceptors (Lipinski definition) is 5. The van der Waals surface area contributed by atoms with Crippen LogP contribution in [0, 0.1) is 17.2 Å².